The molecule has 2 atom stereocenters. The van der Waals surface area contributed by atoms with Gasteiger partial charge in [0.1, 0.15) is 5.78 Å². The molecule has 3 heteroatoms. The van der Waals surface area contributed by atoms with E-state index in [4.69, 9.17) is 5.11 Å². The van der Waals surface area contributed by atoms with Crippen LogP contribution < -0.4 is 0 Å². The quantitative estimate of drug-likeness (QED) is 0.768. The number of ketones is 1. The van der Waals surface area contributed by atoms with Crippen LogP contribution in [0.4, 0.5) is 0 Å². The summed E-state index contributed by atoms with van der Waals surface area (Å²) in [6.45, 7) is 9.49. The lowest BCUT2D eigenvalue weighted by molar-refractivity contribution is -0.141. The SMILES string of the molecule is CCC(=O)C(C)CC.CCC(C)C(=O)O. The summed E-state index contributed by atoms with van der Waals surface area (Å²) in [5.74, 6) is -0.227. The Bertz CT molecular complexity index is 187. The molecule has 3 nitrogen and oxygen atoms in total. The van der Waals surface area contributed by atoms with Crippen LogP contribution in [0.5, 0.6) is 0 Å². The summed E-state index contributed by atoms with van der Waals surface area (Å²) in [6, 6.07) is 0. The molecule has 0 radical (unpaired) electrons. The summed E-state index contributed by atoms with van der Waals surface area (Å²) in [6.07, 6.45) is 2.39. The van der Waals surface area contributed by atoms with Crippen LogP contribution in [-0.2, 0) is 9.59 Å². The second-order valence-electron chi connectivity index (χ2n) is 3.78. The maximum absolute atomic E-state index is 10.7. The van der Waals surface area contributed by atoms with Crippen molar-refractivity contribution in [3.05, 3.63) is 0 Å². The van der Waals surface area contributed by atoms with E-state index in [0.29, 0.717) is 12.2 Å². The number of carboxylic acid groups (broad SMARTS) is 1. The Kier molecular flexibility index (Phi) is 10.7. The van der Waals surface area contributed by atoms with Gasteiger partial charge in [-0.05, 0) is 12.8 Å². The molecule has 90 valence electrons. The van der Waals surface area contributed by atoms with Gasteiger partial charge in [0.15, 0.2) is 0 Å². The standard InChI is InChI=1S/C7H14O.C5H10O2/c1-4-6(3)7(8)5-2;1-3-4(2)5(6)7/h6H,4-5H2,1-3H3;4H,3H2,1-2H3,(H,6,7). The monoisotopic (exact) mass is 216 g/mol. The Labute approximate surface area is 92.9 Å². The Hall–Kier alpha value is -0.860. The van der Waals surface area contributed by atoms with Gasteiger partial charge in [-0.25, -0.2) is 0 Å². The van der Waals surface area contributed by atoms with Crippen LogP contribution in [0.15, 0.2) is 0 Å². The van der Waals surface area contributed by atoms with Gasteiger partial charge in [0.05, 0.1) is 5.92 Å². The molecule has 0 heterocycles. The molecular weight excluding hydrogens is 192 g/mol. The van der Waals surface area contributed by atoms with E-state index in [1.54, 1.807) is 6.92 Å². The van der Waals surface area contributed by atoms with Crippen molar-refractivity contribution in [1.29, 1.82) is 0 Å². The molecule has 15 heavy (non-hydrogen) atoms. The number of rotatable bonds is 5. The summed E-state index contributed by atoms with van der Waals surface area (Å²) in [5.41, 5.74) is 0. The lowest BCUT2D eigenvalue weighted by atomic mass is 10.0. The largest absolute Gasteiger partial charge is 0.481 e. The molecule has 0 saturated carbocycles. The van der Waals surface area contributed by atoms with Gasteiger partial charge < -0.3 is 5.11 Å². The maximum atomic E-state index is 10.7. The lowest BCUT2D eigenvalue weighted by Crippen LogP contribution is -2.06. The minimum Gasteiger partial charge on any atom is -0.481 e. The van der Waals surface area contributed by atoms with Crippen molar-refractivity contribution in [2.24, 2.45) is 11.8 Å². The van der Waals surface area contributed by atoms with Gasteiger partial charge in [0.25, 0.3) is 0 Å². The average molecular weight is 216 g/mol. The van der Waals surface area contributed by atoms with Crippen LogP contribution in [-0.4, -0.2) is 16.9 Å². The van der Waals surface area contributed by atoms with Gasteiger partial charge in [-0.1, -0.05) is 34.6 Å². The number of carbonyl (C=O) groups is 2. The third-order valence-corrected chi connectivity index (χ3v) is 2.54. The third kappa shape index (κ3) is 9.44. The van der Waals surface area contributed by atoms with E-state index >= 15 is 0 Å². The van der Waals surface area contributed by atoms with Gasteiger partial charge >= 0.3 is 5.97 Å². The van der Waals surface area contributed by atoms with E-state index in [1.807, 2.05) is 27.7 Å². The van der Waals surface area contributed by atoms with Crippen LogP contribution in [0, 0.1) is 11.8 Å². The van der Waals surface area contributed by atoms with E-state index < -0.39 is 5.97 Å². The second kappa shape index (κ2) is 9.69. The predicted molar refractivity (Wildman–Crippen MR) is 61.8 cm³/mol. The van der Waals surface area contributed by atoms with Crippen molar-refractivity contribution in [3.63, 3.8) is 0 Å². The van der Waals surface area contributed by atoms with E-state index in [1.165, 1.54) is 0 Å². The topological polar surface area (TPSA) is 54.4 Å². The summed E-state index contributed by atoms with van der Waals surface area (Å²) < 4.78 is 0. The number of Topliss-reactive ketones (excluding diaryl/α,β-unsaturated/α-hetero) is 1. The fraction of sp³-hybridized carbons (Fsp3) is 0.833. The van der Waals surface area contributed by atoms with Crippen molar-refractivity contribution >= 4 is 11.8 Å². The Balaban J connectivity index is 0. The van der Waals surface area contributed by atoms with Crippen LogP contribution in [0.25, 0.3) is 0 Å². The van der Waals surface area contributed by atoms with Crippen molar-refractivity contribution in [3.8, 4) is 0 Å². The van der Waals surface area contributed by atoms with Crippen LogP contribution in [0.3, 0.4) is 0 Å². The fourth-order valence-corrected chi connectivity index (χ4v) is 0.751. The molecule has 0 bridgehead atoms. The molecular formula is C12H24O3. The van der Waals surface area contributed by atoms with Gasteiger partial charge in [-0.15, -0.1) is 0 Å². The van der Waals surface area contributed by atoms with E-state index in [-0.39, 0.29) is 11.8 Å². The highest BCUT2D eigenvalue weighted by Crippen LogP contribution is 2.03. The molecule has 0 aromatic heterocycles. The smallest absolute Gasteiger partial charge is 0.306 e. The molecule has 0 amide bonds. The van der Waals surface area contributed by atoms with E-state index in [9.17, 15) is 9.59 Å². The molecule has 0 aromatic rings. The minimum atomic E-state index is -0.706. The molecule has 0 spiro atoms. The summed E-state index contributed by atoms with van der Waals surface area (Å²) in [4.78, 5) is 20.7. The Morgan fingerprint density at radius 1 is 1.00 bits per heavy atom. The van der Waals surface area contributed by atoms with E-state index in [0.717, 1.165) is 12.8 Å². The molecule has 0 saturated heterocycles. The summed E-state index contributed by atoms with van der Waals surface area (Å²) >= 11 is 0. The molecule has 0 aliphatic heterocycles. The molecule has 0 aromatic carbocycles. The predicted octanol–water partition coefficient (Wildman–Crippen LogP) is 3.13. The summed E-state index contributed by atoms with van der Waals surface area (Å²) in [5, 5.41) is 8.18. The number of carbonyl (C=O) groups excluding carboxylic acids is 1. The highest BCUT2D eigenvalue weighted by atomic mass is 16.4. The Morgan fingerprint density at radius 2 is 1.40 bits per heavy atom. The van der Waals surface area contributed by atoms with Crippen molar-refractivity contribution < 1.29 is 14.7 Å². The molecule has 0 aliphatic carbocycles. The highest BCUT2D eigenvalue weighted by molar-refractivity contribution is 5.80. The second-order valence-corrected chi connectivity index (χ2v) is 3.78. The van der Waals surface area contributed by atoms with Gasteiger partial charge in [0.2, 0.25) is 0 Å². The Morgan fingerprint density at radius 3 is 1.47 bits per heavy atom. The maximum Gasteiger partial charge on any atom is 0.306 e. The zero-order valence-electron chi connectivity index (χ0n) is 10.5. The number of carboxylic acids is 1. The number of aliphatic carboxylic acids is 1. The highest BCUT2D eigenvalue weighted by Gasteiger charge is 2.06. The number of hydrogen-bond donors (Lipinski definition) is 1. The van der Waals surface area contributed by atoms with Gasteiger partial charge in [-0.3, -0.25) is 9.59 Å². The lowest BCUT2D eigenvalue weighted by Gasteiger charge is -2.02. The first kappa shape index (κ1) is 16.6. The van der Waals surface area contributed by atoms with Crippen LogP contribution >= 0.6 is 0 Å². The van der Waals surface area contributed by atoms with Gasteiger partial charge in [-0.2, -0.15) is 0 Å². The molecule has 2 unspecified atom stereocenters. The fourth-order valence-electron chi connectivity index (χ4n) is 0.751. The van der Waals surface area contributed by atoms with Crippen molar-refractivity contribution in [2.45, 2.75) is 53.9 Å². The zero-order valence-corrected chi connectivity index (χ0v) is 10.5. The van der Waals surface area contributed by atoms with Crippen LogP contribution in [0.1, 0.15) is 53.9 Å². The first-order valence-corrected chi connectivity index (χ1v) is 5.66. The summed E-state index contributed by atoms with van der Waals surface area (Å²) in [7, 11) is 0. The molecule has 0 fully saturated rings. The average Bonchev–Trinajstić information content (AvgIpc) is 2.26. The van der Waals surface area contributed by atoms with Crippen molar-refractivity contribution in [2.75, 3.05) is 0 Å². The molecule has 0 rings (SSSR count). The third-order valence-electron chi connectivity index (χ3n) is 2.54. The first-order valence-electron chi connectivity index (χ1n) is 5.66. The van der Waals surface area contributed by atoms with Crippen LogP contribution in [0.2, 0.25) is 0 Å². The number of hydrogen-bond acceptors (Lipinski definition) is 2. The first-order chi connectivity index (χ1) is 6.90. The van der Waals surface area contributed by atoms with Gasteiger partial charge in [0, 0.05) is 12.3 Å². The minimum absolute atomic E-state index is 0.181. The zero-order chi connectivity index (χ0) is 12.4. The van der Waals surface area contributed by atoms with E-state index in [2.05, 4.69) is 0 Å². The van der Waals surface area contributed by atoms with Crippen molar-refractivity contribution in [1.82, 2.24) is 0 Å². The molecule has 1 N–H and O–H groups in total. The normalized spacial score (nSPS) is 13.4. The molecule has 0 aliphatic rings.